The number of imidazole rings is 1. The van der Waals surface area contributed by atoms with Crippen LogP contribution >= 0.6 is 11.8 Å². The fraction of sp³-hybridized carbons (Fsp3) is 0.684. The molecule has 4 heteroatoms. The predicted molar refractivity (Wildman–Crippen MR) is 102 cm³/mol. The van der Waals surface area contributed by atoms with Crippen LogP contribution in [0, 0.1) is 13.8 Å². The third-order valence-corrected chi connectivity index (χ3v) is 5.64. The van der Waals surface area contributed by atoms with Gasteiger partial charge in [0.05, 0.1) is 11.7 Å². The number of nitrogens with zero attached hydrogens (tertiary/aromatic N) is 3. The molecule has 0 fully saturated rings. The highest BCUT2D eigenvalue weighted by Gasteiger charge is 2.13. The molecule has 3 nitrogen and oxygen atoms in total. The molecule has 0 spiro atoms. The lowest BCUT2D eigenvalue weighted by Crippen LogP contribution is -2.05. The molecule has 0 bridgehead atoms. The third-order valence-electron chi connectivity index (χ3n) is 4.48. The van der Waals surface area contributed by atoms with Gasteiger partial charge in [-0.3, -0.25) is 4.98 Å². The standard InChI is InChI=1S/C19H31N3S/c1-5-7-12-23-13-10-8-9-11-22-18(6-2)21-17-14-20-16(4)15(3)19(17)22/h14H,5-13H2,1-4H3. The molecule has 128 valence electrons. The average Bonchev–Trinajstić information content (AvgIpc) is 2.92. The quantitative estimate of drug-likeness (QED) is 0.552. The van der Waals surface area contributed by atoms with Crippen LogP contribution in [0.4, 0.5) is 0 Å². The van der Waals surface area contributed by atoms with Crippen molar-refractivity contribution in [3.05, 3.63) is 23.3 Å². The van der Waals surface area contributed by atoms with E-state index < -0.39 is 0 Å². The number of unbranched alkanes of at least 4 members (excludes halogenated alkanes) is 3. The van der Waals surface area contributed by atoms with E-state index in [1.165, 1.54) is 60.5 Å². The van der Waals surface area contributed by atoms with Gasteiger partial charge in [0.15, 0.2) is 0 Å². The van der Waals surface area contributed by atoms with E-state index in [1.54, 1.807) is 0 Å². The minimum Gasteiger partial charge on any atom is -0.328 e. The Hall–Kier alpha value is -1.03. The molecule has 0 radical (unpaired) electrons. The first-order valence-electron chi connectivity index (χ1n) is 9.08. The van der Waals surface area contributed by atoms with Gasteiger partial charge in [-0.2, -0.15) is 11.8 Å². The van der Waals surface area contributed by atoms with Gasteiger partial charge in [0.2, 0.25) is 0 Å². The zero-order chi connectivity index (χ0) is 16.7. The zero-order valence-electron chi connectivity index (χ0n) is 15.2. The largest absolute Gasteiger partial charge is 0.328 e. The van der Waals surface area contributed by atoms with Crippen molar-refractivity contribution in [1.82, 2.24) is 14.5 Å². The zero-order valence-corrected chi connectivity index (χ0v) is 16.0. The van der Waals surface area contributed by atoms with Crippen molar-refractivity contribution in [2.75, 3.05) is 11.5 Å². The molecule has 23 heavy (non-hydrogen) atoms. The van der Waals surface area contributed by atoms with Crippen LogP contribution in [-0.2, 0) is 13.0 Å². The molecule has 0 saturated carbocycles. The van der Waals surface area contributed by atoms with Gasteiger partial charge in [-0.15, -0.1) is 0 Å². The van der Waals surface area contributed by atoms with E-state index in [1.807, 2.05) is 6.20 Å². The number of pyridine rings is 1. The maximum atomic E-state index is 4.78. The van der Waals surface area contributed by atoms with Gasteiger partial charge >= 0.3 is 0 Å². The van der Waals surface area contributed by atoms with Gasteiger partial charge in [0.1, 0.15) is 11.3 Å². The maximum absolute atomic E-state index is 4.78. The number of hydrogen-bond donors (Lipinski definition) is 0. The number of hydrogen-bond acceptors (Lipinski definition) is 3. The molecule has 0 aliphatic heterocycles. The molecular formula is C19H31N3S. The van der Waals surface area contributed by atoms with E-state index in [4.69, 9.17) is 4.98 Å². The Kier molecular flexibility index (Phi) is 7.41. The monoisotopic (exact) mass is 333 g/mol. The highest BCUT2D eigenvalue weighted by molar-refractivity contribution is 7.99. The van der Waals surface area contributed by atoms with Gasteiger partial charge in [0.25, 0.3) is 0 Å². The average molecular weight is 334 g/mol. The first kappa shape index (κ1) is 18.3. The molecule has 0 amide bonds. The normalized spacial score (nSPS) is 11.5. The summed E-state index contributed by atoms with van der Waals surface area (Å²) in [5.74, 6) is 3.84. The Morgan fingerprint density at radius 2 is 1.83 bits per heavy atom. The molecule has 0 atom stereocenters. The maximum Gasteiger partial charge on any atom is 0.109 e. The number of fused-ring (bicyclic) bond motifs is 1. The highest BCUT2D eigenvalue weighted by atomic mass is 32.2. The van der Waals surface area contributed by atoms with Crippen molar-refractivity contribution in [3.63, 3.8) is 0 Å². The highest BCUT2D eigenvalue weighted by Crippen LogP contribution is 2.22. The predicted octanol–water partition coefficient (Wildman–Crippen LogP) is 5.31. The van der Waals surface area contributed by atoms with Crippen molar-refractivity contribution in [2.45, 2.75) is 72.8 Å². The van der Waals surface area contributed by atoms with Crippen LogP contribution in [0.2, 0.25) is 0 Å². The fourth-order valence-electron chi connectivity index (χ4n) is 2.94. The van der Waals surface area contributed by atoms with Crippen LogP contribution in [0.15, 0.2) is 6.20 Å². The SMILES string of the molecule is CCCCSCCCCCn1c(CC)nc2cnc(C)c(C)c21. The first-order chi connectivity index (χ1) is 11.2. The van der Waals surface area contributed by atoms with Crippen LogP contribution in [0.25, 0.3) is 11.0 Å². The molecule has 2 rings (SSSR count). The van der Waals surface area contributed by atoms with Crippen LogP contribution in [0.3, 0.4) is 0 Å². The Morgan fingerprint density at radius 3 is 2.57 bits per heavy atom. The summed E-state index contributed by atoms with van der Waals surface area (Å²) < 4.78 is 2.43. The third kappa shape index (κ3) is 4.72. The lowest BCUT2D eigenvalue weighted by molar-refractivity contribution is 0.595. The van der Waals surface area contributed by atoms with Crippen molar-refractivity contribution in [3.8, 4) is 0 Å². The van der Waals surface area contributed by atoms with Gasteiger partial charge in [-0.1, -0.05) is 26.7 Å². The Balaban J connectivity index is 1.93. The van der Waals surface area contributed by atoms with E-state index in [-0.39, 0.29) is 0 Å². The summed E-state index contributed by atoms with van der Waals surface area (Å²) in [6, 6.07) is 0. The van der Waals surface area contributed by atoms with E-state index in [9.17, 15) is 0 Å². The second-order valence-corrected chi connectivity index (χ2v) is 7.49. The molecule has 0 aromatic carbocycles. The molecule has 0 unspecified atom stereocenters. The van der Waals surface area contributed by atoms with Crippen molar-refractivity contribution in [1.29, 1.82) is 0 Å². The summed E-state index contributed by atoms with van der Waals surface area (Å²) >= 11 is 2.11. The molecule has 2 aromatic rings. The summed E-state index contributed by atoms with van der Waals surface area (Å²) in [7, 11) is 0. The van der Waals surface area contributed by atoms with Crippen molar-refractivity contribution in [2.24, 2.45) is 0 Å². The number of aryl methyl sites for hydroxylation is 4. The fourth-order valence-corrected chi connectivity index (χ4v) is 4.05. The Labute approximate surface area is 145 Å². The number of aromatic nitrogens is 3. The number of rotatable bonds is 10. The summed E-state index contributed by atoms with van der Waals surface area (Å²) in [5.41, 5.74) is 4.75. The summed E-state index contributed by atoms with van der Waals surface area (Å²) in [4.78, 5) is 9.24. The minimum absolute atomic E-state index is 0.986. The molecule has 2 aromatic heterocycles. The molecule has 0 aliphatic carbocycles. The van der Waals surface area contributed by atoms with Gasteiger partial charge in [-0.05, 0) is 50.2 Å². The summed E-state index contributed by atoms with van der Waals surface area (Å²) in [6.45, 7) is 9.81. The summed E-state index contributed by atoms with van der Waals surface area (Å²) in [6.07, 6.45) is 9.48. The van der Waals surface area contributed by atoms with Crippen LogP contribution < -0.4 is 0 Å². The first-order valence-corrected chi connectivity index (χ1v) is 10.2. The Morgan fingerprint density at radius 1 is 1.04 bits per heavy atom. The smallest absolute Gasteiger partial charge is 0.109 e. The van der Waals surface area contributed by atoms with Crippen LogP contribution in [0.1, 0.15) is 63.0 Å². The minimum atomic E-state index is 0.986. The van der Waals surface area contributed by atoms with E-state index >= 15 is 0 Å². The van der Waals surface area contributed by atoms with Crippen molar-refractivity contribution >= 4 is 22.8 Å². The van der Waals surface area contributed by atoms with E-state index in [0.29, 0.717) is 0 Å². The number of thioether (sulfide) groups is 1. The lowest BCUT2D eigenvalue weighted by atomic mass is 10.2. The van der Waals surface area contributed by atoms with E-state index in [0.717, 1.165) is 24.2 Å². The van der Waals surface area contributed by atoms with Gasteiger partial charge in [-0.25, -0.2) is 4.98 Å². The van der Waals surface area contributed by atoms with Crippen LogP contribution in [0.5, 0.6) is 0 Å². The van der Waals surface area contributed by atoms with E-state index in [2.05, 4.69) is 49.0 Å². The second kappa shape index (κ2) is 9.31. The topological polar surface area (TPSA) is 30.7 Å². The van der Waals surface area contributed by atoms with Crippen LogP contribution in [-0.4, -0.2) is 26.0 Å². The lowest BCUT2D eigenvalue weighted by Gasteiger charge is -2.10. The molecule has 0 saturated heterocycles. The van der Waals surface area contributed by atoms with Crippen molar-refractivity contribution < 1.29 is 0 Å². The molecule has 0 aliphatic rings. The summed E-state index contributed by atoms with van der Waals surface area (Å²) in [5, 5.41) is 0. The molecule has 0 N–H and O–H groups in total. The molecule has 2 heterocycles. The molecular weight excluding hydrogens is 302 g/mol. The van der Waals surface area contributed by atoms with Gasteiger partial charge in [0, 0.05) is 18.7 Å². The Bertz CT molecular complexity index is 619. The second-order valence-electron chi connectivity index (χ2n) is 6.26. The van der Waals surface area contributed by atoms with Gasteiger partial charge < -0.3 is 4.57 Å².